The Kier molecular flexibility index (Phi) is 5.43. The quantitative estimate of drug-likeness (QED) is 0.734. The molecule has 1 aromatic carbocycles. The molecule has 0 bridgehead atoms. The average molecular weight is 285 g/mol. The van der Waals surface area contributed by atoms with E-state index in [-0.39, 0.29) is 24.6 Å². The molecule has 0 N–H and O–H groups in total. The summed E-state index contributed by atoms with van der Waals surface area (Å²) in [5.41, 5.74) is 2.05. The molecule has 0 aliphatic carbocycles. The van der Waals surface area contributed by atoms with Crippen LogP contribution in [0.15, 0.2) is 36.5 Å². The third kappa shape index (κ3) is 4.38. The van der Waals surface area contributed by atoms with E-state index in [9.17, 15) is 9.59 Å². The van der Waals surface area contributed by atoms with E-state index in [4.69, 9.17) is 4.74 Å². The maximum atomic E-state index is 11.8. The van der Waals surface area contributed by atoms with Crippen LogP contribution in [0.2, 0.25) is 0 Å². The molecule has 0 amide bonds. The lowest BCUT2D eigenvalue weighted by Crippen LogP contribution is -2.08. The van der Waals surface area contributed by atoms with Crippen LogP contribution in [0.25, 0.3) is 10.9 Å². The number of ether oxygens (including phenoxy) is 1. The smallest absolute Gasteiger partial charge is 0.306 e. The van der Waals surface area contributed by atoms with Gasteiger partial charge in [-0.15, -0.1) is 0 Å². The molecule has 2 rings (SSSR count). The van der Waals surface area contributed by atoms with E-state index in [1.807, 2.05) is 30.3 Å². The van der Waals surface area contributed by atoms with Gasteiger partial charge in [0.1, 0.15) is 5.78 Å². The summed E-state index contributed by atoms with van der Waals surface area (Å²) in [6, 6.07) is 9.84. The van der Waals surface area contributed by atoms with Crippen LogP contribution in [0.1, 0.15) is 31.7 Å². The fourth-order valence-corrected chi connectivity index (χ4v) is 2.25. The van der Waals surface area contributed by atoms with Crippen molar-refractivity contribution in [3.05, 3.63) is 42.1 Å². The Balaban J connectivity index is 1.90. The normalized spacial score (nSPS) is 10.5. The molecule has 0 saturated carbocycles. The zero-order valence-electron chi connectivity index (χ0n) is 12.2. The number of benzene rings is 1. The molecular weight excluding hydrogens is 266 g/mol. The Labute approximate surface area is 124 Å². The number of hydrogen-bond donors (Lipinski definition) is 0. The van der Waals surface area contributed by atoms with E-state index in [0.29, 0.717) is 19.4 Å². The molecule has 1 heterocycles. The fraction of sp³-hybridized carbons (Fsp3) is 0.353. The van der Waals surface area contributed by atoms with Crippen LogP contribution in [0, 0.1) is 0 Å². The van der Waals surface area contributed by atoms with Crippen molar-refractivity contribution in [2.75, 3.05) is 6.61 Å². The van der Waals surface area contributed by atoms with Gasteiger partial charge in [-0.05, 0) is 31.0 Å². The molecule has 0 unspecified atom stereocenters. The van der Waals surface area contributed by atoms with Crippen molar-refractivity contribution >= 4 is 22.7 Å². The molecule has 0 aliphatic rings. The van der Waals surface area contributed by atoms with Crippen molar-refractivity contribution in [3.8, 4) is 0 Å². The number of rotatable bonds is 7. The first-order chi connectivity index (χ1) is 10.2. The number of aryl methyl sites for hydroxylation is 1. The minimum Gasteiger partial charge on any atom is -0.466 e. The van der Waals surface area contributed by atoms with Crippen molar-refractivity contribution in [1.29, 1.82) is 0 Å². The number of ketones is 1. The van der Waals surface area contributed by atoms with Crippen LogP contribution in [0.5, 0.6) is 0 Å². The Morgan fingerprint density at radius 2 is 1.90 bits per heavy atom. The van der Waals surface area contributed by atoms with E-state index in [1.54, 1.807) is 13.1 Å². The molecule has 1 aromatic heterocycles. The third-order valence-electron chi connectivity index (χ3n) is 3.33. The van der Waals surface area contributed by atoms with Gasteiger partial charge in [-0.2, -0.15) is 0 Å². The Bertz CT molecular complexity index is 631. The second kappa shape index (κ2) is 7.53. The van der Waals surface area contributed by atoms with E-state index >= 15 is 0 Å². The number of carbonyl (C=O) groups is 2. The summed E-state index contributed by atoms with van der Waals surface area (Å²) in [6.45, 7) is 2.12. The summed E-state index contributed by atoms with van der Waals surface area (Å²) in [7, 11) is 0. The molecule has 4 nitrogen and oxygen atoms in total. The van der Waals surface area contributed by atoms with E-state index in [0.717, 1.165) is 16.5 Å². The maximum absolute atomic E-state index is 11.8. The summed E-state index contributed by atoms with van der Waals surface area (Å²) < 4.78 is 4.81. The first-order valence-electron chi connectivity index (χ1n) is 7.20. The van der Waals surface area contributed by atoms with E-state index < -0.39 is 0 Å². The second-order valence-corrected chi connectivity index (χ2v) is 4.83. The topological polar surface area (TPSA) is 56.3 Å². The summed E-state index contributed by atoms with van der Waals surface area (Å²) in [5, 5.41) is 1.08. The number of esters is 1. The Morgan fingerprint density at radius 3 is 2.71 bits per heavy atom. The lowest BCUT2D eigenvalue weighted by atomic mass is 10.0. The molecule has 0 radical (unpaired) electrons. The first-order valence-corrected chi connectivity index (χ1v) is 7.20. The van der Waals surface area contributed by atoms with Crippen LogP contribution >= 0.6 is 0 Å². The highest BCUT2D eigenvalue weighted by molar-refractivity contribution is 5.85. The minimum atomic E-state index is -0.305. The van der Waals surface area contributed by atoms with E-state index in [2.05, 4.69) is 4.98 Å². The number of fused-ring (bicyclic) bond motifs is 1. The van der Waals surface area contributed by atoms with Crippen LogP contribution in [-0.4, -0.2) is 23.3 Å². The molecule has 0 spiro atoms. The molecular formula is C17H19NO3. The molecule has 0 fully saturated rings. The zero-order valence-corrected chi connectivity index (χ0v) is 12.2. The predicted molar refractivity (Wildman–Crippen MR) is 80.9 cm³/mol. The summed E-state index contributed by atoms with van der Waals surface area (Å²) in [4.78, 5) is 27.4. The van der Waals surface area contributed by atoms with Crippen molar-refractivity contribution in [2.45, 2.75) is 32.6 Å². The molecule has 0 atom stereocenters. The van der Waals surface area contributed by atoms with Crippen LogP contribution in [0.3, 0.4) is 0 Å². The van der Waals surface area contributed by atoms with Crippen LogP contribution < -0.4 is 0 Å². The van der Waals surface area contributed by atoms with Gasteiger partial charge in [0.15, 0.2) is 0 Å². The highest BCUT2D eigenvalue weighted by Crippen LogP contribution is 2.18. The molecule has 0 aliphatic heterocycles. The number of nitrogens with zero attached hydrogens (tertiary/aromatic N) is 1. The van der Waals surface area contributed by atoms with Gasteiger partial charge in [-0.3, -0.25) is 14.6 Å². The molecule has 0 saturated heterocycles. The van der Waals surface area contributed by atoms with Gasteiger partial charge in [0.25, 0.3) is 0 Å². The van der Waals surface area contributed by atoms with Crippen molar-refractivity contribution in [1.82, 2.24) is 4.98 Å². The van der Waals surface area contributed by atoms with Gasteiger partial charge in [-0.25, -0.2) is 0 Å². The molecule has 110 valence electrons. The monoisotopic (exact) mass is 285 g/mol. The highest BCUT2D eigenvalue weighted by atomic mass is 16.5. The largest absolute Gasteiger partial charge is 0.466 e. The summed E-state index contributed by atoms with van der Waals surface area (Å²) in [6.07, 6.45) is 3.30. The number of pyridine rings is 1. The van der Waals surface area contributed by atoms with Gasteiger partial charge in [-0.1, -0.05) is 18.2 Å². The van der Waals surface area contributed by atoms with Crippen molar-refractivity contribution in [3.63, 3.8) is 0 Å². The molecule has 4 heteroatoms. The zero-order chi connectivity index (χ0) is 15.1. The molecule has 2 aromatic rings. The van der Waals surface area contributed by atoms with Crippen molar-refractivity contribution in [2.24, 2.45) is 0 Å². The van der Waals surface area contributed by atoms with Crippen molar-refractivity contribution < 1.29 is 14.3 Å². The Hall–Kier alpha value is -2.23. The highest BCUT2D eigenvalue weighted by Gasteiger charge is 2.09. The summed E-state index contributed by atoms with van der Waals surface area (Å²) >= 11 is 0. The van der Waals surface area contributed by atoms with Crippen LogP contribution in [0.4, 0.5) is 0 Å². The Morgan fingerprint density at radius 1 is 1.10 bits per heavy atom. The lowest BCUT2D eigenvalue weighted by molar-refractivity contribution is -0.144. The average Bonchev–Trinajstić information content (AvgIpc) is 2.51. The van der Waals surface area contributed by atoms with E-state index in [1.165, 1.54) is 0 Å². The molecule has 21 heavy (non-hydrogen) atoms. The maximum Gasteiger partial charge on any atom is 0.306 e. The van der Waals surface area contributed by atoms with Crippen LogP contribution in [-0.2, 0) is 20.7 Å². The van der Waals surface area contributed by atoms with Gasteiger partial charge in [0.05, 0.1) is 18.5 Å². The SMILES string of the molecule is CCOC(=O)CCC(=O)CCc1ccnc2ccccc12. The third-order valence-corrected chi connectivity index (χ3v) is 3.33. The fourth-order valence-electron chi connectivity index (χ4n) is 2.25. The summed E-state index contributed by atoms with van der Waals surface area (Å²) in [5.74, 6) is -0.218. The van der Waals surface area contributed by atoms with Gasteiger partial charge >= 0.3 is 5.97 Å². The van der Waals surface area contributed by atoms with Gasteiger partial charge < -0.3 is 4.74 Å². The minimum absolute atomic E-state index is 0.0870. The first kappa shape index (κ1) is 15.2. The lowest BCUT2D eigenvalue weighted by Gasteiger charge is -2.05. The predicted octanol–water partition coefficient (Wildman–Crippen LogP) is 3.08. The van der Waals surface area contributed by atoms with Gasteiger partial charge in [0.2, 0.25) is 0 Å². The number of carbonyl (C=O) groups excluding carboxylic acids is 2. The number of para-hydroxylation sites is 1. The standard InChI is InChI=1S/C17H19NO3/c1-2-21-17(20)10-9-14(19)8-7-13-11-12-18-16-6-4-3-5-15(13)16/h3-6,11-12H,2,7-10H2,1H3. The number of hydrogen-bond acceptors (Lipinski definition) is 4. The number of Topliss-reactive ketones (excluding diaryl/α,β-unsaturated/α-hetero) is 1. The number of aromatic nitrogens is 1. The second-order valence-electron chi connectivity index (χ2n) is 4.83. The van der Waals surface area contributed by atoms with Gasteiger partial charge in [0, 0.05) is 24.4 Å².